The molecule has 2 aromatic carbocycles. The van der Waals surface area contributed by atoms with Crippen molar-refractivity contribution in [2.75, 3.05) is 57.8 Å². The molecule has 1 aromatic heterocycles. The van der Waals surface area contributed by atoms with Gasteiger partial charge in [-0.1, -0.05) is 6.42 Å². The summed E-state index contributed by atoms with van der Waals surface area (Å²) in [5, 5.41) is 10.5. The number of ether oxygens (including phenoxy) is 1. The molecule has 3 aromatic rings. The molecule has 2 saturated heterocycles. The second-order valence-electron chi connectivity index (χ2n) is 11.0. The number of piperidine rings is 1. The zero-order valence-corrected chi connectivity index (χ0v) is 23.4. The first-order chi connectivity index (χ1) is 19.4. The van der Waals surface area contributed by atoms with Crippen molar-refractivity contribution < 1.29 is 19.4 Å². The van der Waals surface area contributed by atoms with Gasteiger partial charge in [-0.3, -0.25) is 14.6 Å². The number of primary amides is 1. The Morgan fingerprint density at radius 3 is 2.33 bits per heavy atom. The lowest BCUT2D eigenvalue weighted by Crippen LogP contribution is -2.46. The summed E-state index contributed by atoms with van der Waals surface area (Å²) in [7, 11) is 1.69. The molecule has 1 amide bonds. The fourth-order valence-corrected chi connectivity index (χ4v) is 6.19. The maximum absolute atomic E-state index is 12.7. The number of fused-ring (bicyclic) bond motifs is 1. The van der Waals surface area contributed by atoms with Crippen molar-refractivity contribution in [2.45, 2.75) is 44.7 Å². The van der Waals surface area contributed by atoms with Crippen LogP contribution >= 0.6 is 0 Å². The van der Waals surface area contributed by atoms with E-state index in [1.165, 1.54) is 5.69 Å². The predicted molar refractivity (Wildman–Crippen MR) is 157 cm³/mol. The van der Waals surface area contributed by atoms with Crippen LogP contribution in [-0.2, 0) is 11.2 Å². The molecule has 2 fully saturated rings. The van der Waals surface area contributed by atoms with Gasteiger partial charge in [0, 0.05) is 56.5 Å². The van der Waals surface area contributed by atoms with Gasteiger partial charge in [-0.25, -0.2) is 4.79 Å². The molecule has 9 heteroatoms. The first-order valence-electron chi connectivity index (χ1n) is 14.5. The molecule has 0 bridgehead atoms. The van der Waals surface area contributed by atoms with Gasteiger partial charge in [0.15, 0.2) is 6.17 Å². The maximum Gasteiger partial charge on any atom is 0.335 e. The molecule has 0 aliphatic carbocycles. The number of hydrogen-bond donors (Lipinski definition) is 2. The molecule has 3 N–H and O–H groups in total. The van der Waals surface area contributed by atoms with Crippen molar-refractivity contribution in [3.63, 3.8) is 0 Å². The summed E-state index contributed by atoms with van der Waals surface area (Å²) in [4.78, 5) is 31.5. The Labute approximate surface area is 236 Å². The van der Waals surface area contributed by atoms with Crippen LogP contribution in [0.5, 0.6) is 5.75 Å². The van der Waals surface area contributed by atoms with Crippen molar-refractivity contribution in [1.82, 2.24) is 14.4 Å². The molecule has 9 nitrogen and oxygen atoms in total. The highest BCUT2D eigenvalue weighted by Crippen LogP contribution is 2.30. The molecule has 5 rings (SSSR count). The molecule has 0 radical (unpaired) electrons. The number of carbonyl (C=O) groups is 2. The third-order valence-corrected chi connectivity index (χ3v) is 8.40. The normalized spacial score (nSPS) is 17.7. The number of nitrogens with two attached hydrogens (primary N) is 1. The number of piperazine rings is 1. The summed E-state index contributed by atoms with van der Waals surface area (Å²) in [6.07, 6.45) is 7.60. The van der Waals surface area contributed by atoms with E-state index in [2.05, 4.69) is 26.8 Å². The van der Waals surface area contributed by atoms with Gasteiger partial charge in [0.25, 0.3) is 5.91 Å². The number of aryl methyl sites for hydroxylation is 1. The van der Waals surface area contributed by atoms with Crippen LogP contribution in [0.3, 0.4) is 0 Å². The number of unbranched alkanes of at least 4 members (excludes halogenated alkanes) is 1. The molecular formula is C31H41N5O4. The molecule has 0 saturated carbocycles. The van der Waals surface area contributed by atoms with E-state index in [4.69, 9.17) is 10.5 Å². The number of carboxylic acid groups (broad SMARTS) is 1. The molecule has 2 aliphatic rings. The second-order valence-corrected chi connectivity index (χ2v) is 11.0. The molecule has 1 unspecified atom stereocenters. The third-order valence-electron chi connectivity index (χ3n) is 8.40. The lowest BCUT2D eigenvalue weighted by Gasteiger charge is -2.36. The Balaban J connectivity index is 1.22. The molecule has 0 spiro atoms. The van der Waals surface area contributed by atoms with Gasteiger partial charge in [-0.05, 0) is 86.7 Å². The van der Waals surface area contributed by atoms with E-state index in [0.717, 1.165) is 107 Å². The van der Waals surface area contributed by atoms with Crippen LogP contribution in [0.25, 0.3) is 10.9 Å². The minimum absolute atomic E-state index is 0.259. The van der Waals surface area contributed by atoms with Crippen molar-refractivity contribution in [1.29, 1.82) is 0 Å². The Morgan fingerprint density at radius 1 is 0.950 bits per heavy atom. The molecule has 2 aliphatic heterocycles. The van der Waals surface area contributed by atoms with Crippen molar-refractivity contribution in [3.8, 4) is 5.75 Å². The largest absolute Gasteiger partial charge is 0.497 e. The number of aromatic nitrogens is 1. The zero-order valence-electron chi connectivity index (χ0n) is 23.4. The minimum Gasteiger partial charge on any atom is -0.497 e. The average Bonchev–Trinajstić information content (AvgIpc) is 3.33. The fraction of sp³-hybridized carbons (Fsp3) is 0.484. The number of likely N-dealkylation sites (tertiary alicyclic amines) is 1. The van der Waals surface area contributed by atoms with E-state index in [9.17, 15) is 14.7 Å². The number of hydrogen-bond acceptors (Lipinski definition) is 6. The van der Waals surface area contributed by atoms with Crippen molar-refractivity contribution in [2.24, 2.45) is 5.73 Å². The second kappa shape index (κ2) is 12.7. The van der Waals surface area contributed by atoms with Crippen molar-refractivity contribution >= 4 is 28.5 Å². The lowest BCUT2D eigenvalue weighted by atomic mass is 10.0. The monoisotopic (exact) mass is 547 g/mol. The lowest BCUT2D eigenvalue weighted by molar-refractivity contribution is -0.126. The number of carbonyl (C=O) groups excluding carboxylic acids is 1. The predicted octanol–water partition coefficient (Wildman–Crippen LogP) is 3.96. The van der Waals surface area contributed by atoms with Crippen LogP contribution in [0.15, 0.2) is 48.7 Å². The number of nitrogens with zero attached hydrogens (tertiary/aromatic N) is 4. The summed E-state index contributed by atoms with van der Waals surface area (Å²) in [6, 6.07) is 13.4. The number of amides is 1. The summed E-state index contributed by atoms with van der Waals surface area (Å²) >= 11 is 0. The van der Waals surface area contributed by atoms with Crippen LogP contribution in [0, 0.1) is 0 Å². The molecule has 214 valence electrons. The fourth-order valence-electron chi connectivity index (χ4n) is 6.19. The van der Waals surface area contributed by atoms with Gasteiger partial charge in [0.1, 0.15) is 5.75 Å². The average molecular weight is 548 g/mol. The van der Waals surface area contributed by atoms with Gasteiger partial charge in [0.2, 0.25) is 0 Å². The molecule has 40 heavy (non-hydrogen) atoms. The highest BCUT2D eigenvalue weighted by atomic mass is 16.5. The maximum atomic E-state index is 12.7. The standard InChI is InChI=1S/C31H41N5O4/c1-40-26-11-9-25(10-12-26)34-19-17-33(18-20-34)14-6-3-7-24-22-36(28-13-8-23(31(38)39)21-27(24)28)30(29(32)37)35-15-4-2-5-16-35/h8-13,21-22,30H,2-7,14-20H2,1H3,(H2,32,37)(H,38,39). The van der Waals surface area contributed by atoms with Gasteiger partial charge in [-0.15, -0.1) is 0 Å². The summed E-state index contributed by atoms with van der Waals surface area (Å²) in [6.45, 7) is 6.77. The van der Waals surface area contributed by atoms with E-state index in [1.54, 1.807) is 19.2 Å². The number of anilines is 1. The first-order valence-corrected chi connectivity index (χ1v) is 14.5. The smallest absolute Gasteiger partial charge is 0.335 e. The number of methoxy groups -OCH3 is 1. The summed E-state index contributed by atoms with van der Waals surface area (Å²) in [5.74, 6) is -0.445. The SMILES string of the molecule is COc1ccc(N2CCN(CCCCc3cn(C(C(N)=O)N4CCCCC4)c4ccc(C(=O)O)cc34)CC2)cc1. The minimum atomic E-state index is -0.947. The van der Waals surface area contributed by atoms with E-state index in [-0.39, 0.29) is 11.5 Å². The quantitative estimate of drug-likeness (QED) is 0.350. The van der Waals surface area contributed by atoms with Crippen LogP contribution < -0.4 is 15.4 Å². The number of benzene rings is 2. The Morgan fingerprint density at radius 2 is 1.68 bits per heavy atom. The Hall–Kier alpha value is -3.56. The number of aromatic carboxylic acids is 1. The topological polar surface area (TPSA) is 104 Å². The number of rotatable bonds is 11. The van der Waals surface area contributed by atoms with Crippen LogP contribution in [0.1, 0.15) is 54.2 Å². The highest BCUT2D eigenvalue weighted by molar-refractivity contribution is 5.95. The van der Waals surface area contributed by atoms with E-state index >= 15 is 0 Å². The van der Waals surface area contributed by atoms with Gasteiger partial charge in [-0.2, -0.15) is 0 Å². The van der Waals surface area contributed by atoms with Gasteiger partial charge in [0.05, 0.1) is 18.2 Å². The van der Waals surface area contributed by atoms with Crippen molar-refractivity contribution in [3.05, 3.63) is 59.8 Å². The Bertz CT molecular complexity index is 1310. The van der Waals surface area contributed by atoms with E-state index in [1.807, 2.05) is 29.0 Å². The molecule has 1 atom stereocenters. The van der Waals surface area contributed by atoms with E-state index in [0.29, 0.717) is 0 Å². The third kappa shape index (κ3) is 6.26. The van der Waals surface area contributed by atoms with Crippen LogP contribution in [-0.4, -0.2) is 84.3 Å². The number of carboxylic acids is 1. The molecule has 3 heterocycles. The molecular weight excluding hydrogens is 506 g/mol. The van der Waals surface area contributed by atoms with Gasteiger partial charge >= 0.3 is 5.97 Å². The summed E-state index contributed by atoms with van der Waals surface area (Å²) in [5.41, 5.74) is 9.36. The summed E-state index contributed by atoms with van der Waals surface area (Å²) < 4.78 is 7.25. The zero-order chi connectivity index (χ0) is 28.1. The first kappa shape index (κ1) is 28.0. The van der Waals surface area contributed by atoms with Crippen LogP contribution in [0.4, 0.5) is 5.69 Å². The van der Waals surface area contributed by atoms with Crippen LogP contribution in [0.2, 0.25) is 0 Å². The van der Waals surface area contributed by atoms with E-state index < -0.39 is 12.1 Å². The highest BCUT2D eigenvalue weighted by Gasteiger charge is 2.29. The van der Waals surface area contributed by atoms with Gasteiger partial charge < -0.3 is 25.0 Å². The Kier molecular flexibility index (Phi) is 8.91.